The van der Waals surface area contributed by atoms with Crippen molar-refractivity contribution >= 4 is 5.91 Å². The Bertz CT molecular complexity index is 300. The number of amides is 1. The van der Waals surface area contributed by atoms with E-state index < -0.39 is 0 Å². The van der Waals surface area contributed by atoms with Crippen LogP contribution in [0.2, 0.25) is 0 Å². The van der Waals surface area contributed by atoms with Gasteiger partial charge >= 0.3 is 0 Å². The van der Waals surface area contributed by atoms with E-state index in [0.29, 0.717) is 5.92 Å². The molecule has 2 rings (SSSR count). The third kappa shape index (κ3) is 3.48. The highest BCUT2D eigenvalue weighted by Crippen LogP contribution is 2.31. The number of likely N-dealkylation sites (tertiary alicyclic amines) is 1. The minimum atomic E-state index is -0.127. The van der Waals surface area contributed by atoms with Gasteiger partial charge in [-0.15, -0.1) is 0 Å². The van der Waals surface area contributed by atoms with E-state index in [9.17, 15) is 4.79 Å². The van der Waals surface area contributed by atoms with Crippen LogP contribution < -0.4 is 10.6 Å². The number of nitrogens with zero attached hydrogens (tertiary/aromatic N) is 1. The summed E-state index contributed by atoms with van der Waals surface area (Å²) < 4.78 is 0. The van der Waals surface area contributed by atoms with Gasteiger partial charge in [-0.1, -0.05) is 20.3 Å². The summed E-state index contributed by atoms with van der Waals surface area (Å²) >= 11 is 0. The van der Waals surface area contributed by atoms with Crippen molar-refractivity contribution in [3.05, 3.63) is 0 Å². The molecular formula is C15H29N3O. The van der Waals surface area contributed by atoms with Gasteiger partial charge in [0.15, 0.2) is 0 Å². The number of hydrogen-bond donors (Lipinski definition) is 2. The predicted octanol–water partition coefficient (Wildman–Crippen LogP) is 1.22. The molecule has 2 fully saturated rings. The average molecular weight is 267 g/mol. The number of rotatable bonds is 6. The maximum absolute atomic E-state index is 12.5. The minimum Gasteiger partial charge on any atom is -0.355 e. The van der Waals surface area contributed by atoms with Crippen LogP contribution >= 0.6 is 0 Å². The molecule has 0 bridgehead atoms. The van der Waals surface area contributed by atoms with Gasteiger partial charge in [0, 0.05) is 19.6 Å². The molecule has 2 saturated heterocycles. The Kier molecular flexibility index (Phi) is 5.22. The van der Waals surface area contributed by atoms with Crippen molar-refractivity contribution in [3.63, 3.8) is 0 Å². The van der Waals surface area contributed by atoms with Crippen LogP contribution in [0.1, 0.15) is 39.5 Å². The molecule has 2 atom stereocenters. The summed E-state index contributed by atoms with van der Waals surface area (Å²) in [6.07, 6.45) is 4.32. The second-order valence-electron chi connectivity index (χ2n) is 6.22. The van der Waals surface area contributed by atoms with Gasteiger partial charge in [0.1, 0.15) is 0 Å². The van der Waals surface area contributed by atoms with Crippen LogP contribution in [0.15, 0.2) is 0 Å². The molecule has 4 nitrogen and oxygen atoms in total. The van der Waals surface area contributed by atoms with Crippen molar-refractivity contribution in [2.45, 2.75) is 39.5 Å². The number of carbonyl (C=O) groups is 1. The van der Waals surface area contributed by atoms with Crippen molar-refractivity contribution in [3.8, 4) is 0 Å². The molecule has 2 aliphatic rings. The third-order valence-corrected chi connectivity index (χ3v) is 4.82. The summed E-state index contributed by atoms with van der Waals surface area (Å²) in [5, 5.41) is 6.59. The minimum absolute atomic E-state index is 0.127. The van der Waals surface area contributed by atoms with Gasteiger partial charge in [0.05, 0.1) is 5.41 Å². The van der Waals surface area contributed by atoms with Gasteiger partial charge in [-0.3, -0.25) is 4.79 Å². The maximum atomic E-state index is 12.5. The predicted molar refractivity (Wildman–Crippen MR) is 78.1 cm³/mol. The van der Waals surface area contributed by atoms with E-state index in [0.717, 1.165) is 52.0 Å². The first kappa shape index (κ1) is 14.8. The molecule has 0 aliphatic carbocycles. The Morgan fingerprint density at radius 2 is 2.32 bits per heavy atom. The standard InChI is InChI=1S/C15H29N3O/c1-3-6-15(7-8-16-12-15)14(19)17-10-13-5-9-18(4-2)11-13/h13,16H,3-12H2,1-2H3,(H,17,19). The van der Waals surface area contributed by atoms with Gasteiger partial charge in [0.2, 0.25) is 5.91 Å². The molecule has 19 heavy (non-hydrogen) atoms. The van der Waals surface area contributed by atoms with Crippen LogP contribution in [0.4, 0.5) is 0 Å². The second-order valence-corrected chi connectivity index (χ2v) is 6.22. The summed E-state index contributed by atoms with van der Waals surface area (Å²) in [6.45, 7) is 10.6. The number of carbonyl (C=O) groups excluding carboxylic acids is 1. The second kappa shape index (κ2) is 6.71. The van der Waals surface area contributed by atoms with Crippen molar-refractivity contribution in [1.29, 1.82) is 0 Å². The van der Waals surface area contributed by atoms with Crippen molar-refractivity contribution < 1.29 is 4.79 Å². The van der Waals surface area contributed by atoms with E-state index in [-0.39, 0.29) is 11.3 Å². The highest BCUT2D eigenvalue weighted by Gasteiger charge is 2.40. The topological polar surface area (TPSA) is 44.4 Å². The Labute approximate surface area is 117 Å². The van der Waals surface area contributed by atoms with Gasteiger partial charge in [-0.25, -0.2) is 0 Å². The largest absolute Gasteiger partial charge is 0.355 e. The maximum Gasteiger partial charge on any atom is 0.227 e. The molecule has 1 amide bonds. The highest BCUT2D eigenvalue weighted by atomic mass is 16.2. The summed E-state index contributed by atoms with van der Waals surface area (Å²) in [7, 11) is 0. The molecule has 4 heteroatoms. The molecular weight excluding hydrogens is 238 g/mol. The zero-order valence-electron chi connectivity index (χ0n) is 12.5. The van der Waals surface area contributed by atoms with E-state index in [2.05, 4.69) is 29.4 Å². The van der Waals surface area contributed by atoms with E-state index in [1.807, 2.05) is 0 Å². The van der Waals surface area contributed by atoms with E-state index in [1.54, 1.807) is 0 Å². The fraction of sp³-hybridized carbons (Fsp3) is 0.933. The lowest BCUT2D eigenvalue weighted by Gasteiger charge is -2.27. The van der Waals surface area contributed by atoms with Crippen molar-refractivity contribution in [2.24, 2.45) is 11.3 Å². The normalized spacial score (nSPS) is 31.8. The molecule has 110 valence electrons. The molecule has 0 aromatic heterocycles. The molecule has 0 aromatic carbocycles. The van der Waals surface area contributed by atoms with Crippen LogP contribution in [0.25, 0.3) is 0 Å². The molecule has 2 aliphatic heterocycles. The van der Waals surface area contributed by atoms with Crippen LogP contribution in [-0.2, 0) is 4.79 Å². The van der Waals surface area contributed by atoms with Crippen LogP contribution in [0, 0.1) is 11.3 Å². The number of hydrogen-bond acceptors (Lipinski definition) is 3. The Hall–Kier alpha value is -0.610. The quantitative estimate of drug-likeness (QED) is 0.761. The zero-order chi connectivity index (χ0) is 13.7. The Balaban J connectivity index is 1.80. The Morgan fingerprint density at radius 1 is 1.47 bits per heavy atom. The lowest BCUT2D eigenvalue weighted by molar-refractivity contribution is -0.130. The van der Waals surface area contributed by atoms with E-state index in [1.165, 1.54) is 13.0 Å². The zero-order valence-corrected chi connectivity index (χ0v) is 12.5. The monoisotopic (exact) mass is 267 g/mol. The summed E-state index contributed by atoms with van der Waals surface area (Å²) in [4.78, 5) is 15.0. The van der Waals surface area contributed by atoms with Crippen LogP contribution in [0.3, 0.4) is 0 Å². The fourth-order valence-electron chi connectivity index (χ4n) is 3.53. The Morgan fingerprint density at radius 3 is 2.89 bits per heavy atom. The number of nitrogens with one attached hydrogen (secondary N) is 2. The molecule has 0 spiro atoms. The fourth-order valence-corrected chi connectivity index (χ4v) is 3.53. The first-order valence-corrected chi connectivity index (χ1v) is 7.91. The molecule has 2 N–H and O–H groups in total. The SMILES string of the molecule is CCCC1(C(=O)NCC2CCN(CC)C2)CCNC1. The van der Waals surface area contributed by atoms with Crippen molar-refractivity contribution in [1.82, 2.24) is 15.5 Å². The molecule has 0 saturated carbocycles. The summed E-state index contributed by atoms with van der Waals surface area (Å²) in [6, 6.07) is 0. The van der Waals surface area contributed by atoms with Gasteiger partial charge < -0.3 is 15.5 Å². The van der Waals surface area contributed by atoms with Crippen LogP contribution in [-0.4, -0.2) is 50.1 Å². The van der Waals surface area contributed by atoms with Gasteiger partial charge in [-0.2, -0.15) is 0 Å². The third-order valence-electron chi connectivity index (χ3n) is 4.82. The van der Waals surface area contributed by atoms with E-state index >= 15 is 0 Å². The lowest BCUT2D eigenvalue weighted by Crippen LogP contribution is -2.44. The van der Waals surface area contributed by atoms with Gasteiger partial charge in [-0.05, 0) is 44.8 Å². The van der Waals surface area contributed by atoms with Crippen molar-refractivity contribution in [2.75, 3.05) is 39.3 Å². The molecule has 0 aromatic rings. The lowest BCUT2D eigenvalue weighted by atomic mass is 9.81. The first-order chi connectivity index (χ1) is 9.20. The molecule has 2 unspecified atom stereocenters. The summed E-state index contributed by atoms with van der Waals surface area (Å²) in [5.41, 5.74) is -0.127. The summed E-state index contributed by atoms with van der Waals surface area (Å²) in [5.74, 6) is 0.936. The average Bonchev–Trinajstić information content (AvgIpc) is 3.05. The van der Waals surface area contributed by atoms with E-state index in [4.69, 9.17) is 0 Å². The molecule has 0 radical (unpaired) electrons. The van der Waals surface area contributed by atoms with Crippen LogP contribution in [0.5, 0.6) is 0 Å². The van der Waals surface area contributed by atoms with Gasteiger partial charge in [0.25, 0.3) is 0 Å². The highest BCUT2D eigenvalue weighted by molar-refractivity contribution is 5.83. The first-order valence-electron chi connectivity index (χ1n) is 7.91. The smallest absolute Gasteiger partial charge is 0.227 e. The molecule has 2 heterocycles.